The van der Waals surface area contributed by atoms with Gasteiger partial charge < -0.3 is 9.05 Å². The van der Waals surface area contributed by atoms with E-state index in [1.165, 1.54) is 39.8 Å². The fourth-order valence-corrected chi connectivity index (χ4v) is 10.7. The molecule has 0 aliphatic carbocycles. The Morgan fingerprint density at radius 3 is 0.576 bits per heavy atom. The van der Waals surface area contributed by atoms with E-state index in [4.69, 9.17) is 9.05 Å². The summed E-state index contributed by atoms with van der Waals surface area (Å²) in [5.74, 6) is -59.0. The van der Waals surface area contributed by atoms with Crippen molar-refractivity contribution in [2.24, 2.45) is 0 Å². The second-order valence-corrected chi connectivity index (χ2v) is 17.5. The van der Waals surface area contributed by atoms with E-state index in [0.29, 0.717) is 0 Å². The van der Waals surface area contributed by atoms with Crippen molar-refractivity contribution in [1.82, 2.24) is 0 Å². The van der Waals surface area contributed by atoms with Gasteiger partial charge in [0.05, 0.1) is 21.2 Å². The molecular formula is C42H20F20O2P2. The van der Waals surface area contributed by atoms with Gasteiger partial charge in [-0.1, -0.05) is 58.7 Å². The predicted molar refractivity (Wildman–Crippen MR) is 197 cm³/mol. The lowest BCUT2D eigenvalue weighted by molar-refractivity contribution is 0.0740. The topological polar surface area (TPSA) is 18.5 Å². The summed E-state index contributed by atoms with van der Waals surface area (Å²) in [6.07, 6.45) is -5.65. The van der Waals surface area contributed by atoms with Gasteiger partial charge in [-0.05, 0) is 38.8 Å². The van der Waals surface area contributed by atoms with Crippen LogP contribution < -0.4 is 21.2 Å². The molecule has 0 aliphatic heterocycles. The Morgan fingerprint density at radius 1 is 0.258 bits per heavy atom. The van der Waals surface area contributed by atoms with Crippen LogP contribution in [0.5, 0.6) is 0 Å². The molecule has 350 valence electrons. The maximum Gasteiger partial charge on any atom is 0.200 e. The van der Waals surface area contributed by atoms with E-state index in [1.807, 2.05) is 0 Å². The standard InChI is InChI=1S/C42H20F20O2P2/c1-11-5-12(2)8-15(7-11)37(63-65(39-29(55)21(47)17(43)22(48)30(39)56)40-31(57)23(49)18(44)24(50)32(40)58)38(16-9-13(3)6-14(4)10-16)64-66(41-33(59)25(51)19(45)26(52)34(41)60)42-35(61)27(53)20(46)28(54)36(42)62/h5-10,37-38H,1-4H3/t37-,38-/m0/s1. The molecule has 0 heterocycles. The smallest absolute Gasteiger partial charge is 0.200 e. The first-order chi connectivity index (χ1) is 30.7. The third-order valence-electron chi connectivity index (χ3n) is 9.42. The van der Waals surface area contributed by atoms with E-state index in [2.05, 4.69) is 0 Å². The molecule has 0 bridgehead atoms. The first-order valence-corrected chi connectivity index (χ1v) is 20.4. The Balaban J connectivity index is 1.82. The van der Waals surface area contributed by atoms with Crippen LogP contribution in [0.15, 0.2) is 36.4 Å². The van der Waals surface area contributed by atoms with Gasteiger partial charge in [0.15, 0.2) is 93.1 Å². The molecular weight excluding hydrogens is 978 g/mol. The van der Waals surface area contributed by atoms with E-state index < -0.39 is 177 Å². The highest BCUT2D eigenvalue weighted by molar-refractivity contribution is 7.69. The van der Waals surface area contributed by atoms with Gasteiger partial charge in [0.1, 0.15) is 28.5 Å². The molecule has 6 aromatic carbocycles. The second kappa shape index (κ2) is 18.8. The lowest BCUT2D eigenvalue weighted by Gasteiger charge is -2.35. The molecule has 0 aromatic heterocycles. The lowest BCUT2D eigenvalue weighted by atomic mass is 9.94. The average Bonchev–Trinajstić information content (AvgIpc) is 3.26. The van der Waals surface area contributed by atoms with Gasteiger partial charge >= 0.3 is 0 Å². The quantitative estimate of drug-likeness (QED) is 0.0557. The SMILES string of the molecule is Cc1cc(C)cc([C@H](OP(c2c(F)c(F)c(F)c(F)c2F)c2c(F)c(F)c(F)c(F)c2F)[C@@H](OP(c2c(F)c(F)c(F)c(F)c2F)c2c(F)c(F)c(F)c(F)c2F)c2cc(C)cc(C)c2)c1. The number of aryl methyl sites for hydroxylation is 4. The molecule has 2 atom stereocenters. The van der Waals surface area contributed by atoms with Gasteiger partial charge in [-0.3, -0.25) is 0 Å². The molecule has 0 aliphatic rings. The molecule has 2 nitrogen and oxygen atoms in total. The Labute approximate surface area is 360 Å². The van der Waals surface area contributed by atoms with Gasteiger partial charge in [-0.15, -0.1) is 0 Å². The van der Waals surface area contributed by atoms with Crippen molar-refractivity contribution in [2.75, 3.05) is 0 Å². The van der Waals surface area contributed by atoms with Crippen LogP contribution in [0.4, 0.5) is 87.8 Å². The first-order valence-electron chi connectivity index (χ1n) is 17.9. The maximum absolute atomic E-state index is 15.9. The lowest BCUT2D eigenvalue weighted by Crippen LogP contribution is -2.33. The summed E-state index contributed by atoms with van der Waals surface area (Å²) < 4.78 is 315. The average molecular weight is 999 g/mol. The van der Waals surface area contributed by atoms with Crippen molar-refractivity contribution >= 4 is 37.5 Å². The summed E-state index contributed by atoms with van der Waals surface area (Å²) in [6, 6.07) is 6.45. The molecule has 0 saturated heterocycles. The number of halogens is 20. The molecule has 0 spiro atoms. The Hall–Kier alpha value is -5.30. The van der Waals surface area contributed by atoms with Gasteiger partial charge in [0.25, 0.3) is 0 Å². The van der Waals surface area contributed by atoms with Crippen LogP contribution in [0.2, 0.25) is 0 Å². The van der Waals surface area contributed by atoms with Crippen molar-refractivity contribution in [3.05, 3.63) is 186 Å². The summed E-state index contributed by atoms with van der Waals surface area (Å²) in [5.41, 5.74) is -1.04. The minimum Gasteiger partial charge on any atom is -0.338 e. The predicted octanol–water partition coefficient (Wildman–Crippen LogP) is 12.6. The molecule has 0 fully saturated rings. The molecule has 0 N–H and O–H groups in total. The zero-order chi connectivity index (χ0) is 49.3. The monoisotopic (exact) mass is 998 g/mol. The zero-order valence-corrected chi connectivity index (χ0v) is 34.7. The summed E-state index contributed by atoms with van der Waals surface area (Å²) in [6.45, 7) is 5.09. The summed E-state index contributed by atoms with van der Waals surface area (Å²) >= 11 is 0. The van der Waals surface area contributed by atoms with Crippen LogP contribution in [-0.2, 0) is 9.05 Å². The highest BCUT2D eigenvalue weighted by Gasteiger charge is 2.45. The van der Waals surface area contributed by atoms with Crippen LogP contribution >= 0.6 is 16.3 Å². The summed E-state index contributed by atoms with van der Waals surface area (Å²) in [4.78, 5) is 0. The van der Waals surface area contributed by atoms with Crippen LogP contribution in [0.3, 0.4) is 0 Å². The number of hydrogen-bond acceptors (Lipinski definition) is 2. The van der Waals surface area contributed by atoms with Crippen molar-refractivity contribution in [3.63, 3.8) is 0 Å². The first kappa shape index (κ1) is 50.1. The van der Waals surface area contributed by atoms with E-state index >= 15 is 35.1 Å². The Kier molecular flexibility index (Phi) is 14.3. The molecule has 0 radical (unpaired) electrons. The fraction of sp³-hybridized carbons (Fsp3) is 0.143. The molecule has 0 unspecified atom stereocenters. The van der Waals surface area contributed by atoms with Crippen LogP contribution in [0.25, 0.3) is 0 Å². The molecule has 6 aromatic rings. The van der Waals surface area contributed by atoms with E-state index in [9.17, 15) is 52.7 Å². The van der Waals surface area contributed by atoms with Crippen molar-refractivity contribution in [1.29, 1.82) is 0 Å². The Morgan fingerprint density at radius 2 is 0.409 bits per heavy atom. The van der Waals surface area contributed by atoms with Gasteiger partial charge in [0.2, 0.25) is 23.3 Å². The molecule has 66 heavy (non-hydrogen) atoms. The van der Waals surface area contributed by atoms with Gasteiger partial charge in [-0.2, -0.15) is 0 Å². The molecule has 24 heteroatoms. The zero-order valence-electron chi connectivity index (χ0n) is 32.9. The van der Waals surface area contributed by atoms with Crippen molar-refractivity contribution < 1.29 is 96.9 Å². The number of benzene rings is 6. The van der Waals surface area contributed by atoms with Crippen molar-refractivity contribution in [3.8, 4) is 0 Å². The number of hydrogen-bond donors (Lipinski definition) is 0. The Bertz CT molecular complexity index is 2490. The number of rotatable bonds is 11. The third-order valence-corrected chi connectivity index (χ3v) is 13.5. The van der Waals surface area contributed by atoms with Crippen LogP contribution in [0.1, 0.15) is 45.6 Å². The van der Waals surface area contributed by atoms with Crippen molar-refractivity contribution in [2.45, 2.75) is 39.9 Å². The third kappa shape index (κ3) is 8.61. The van der Waals surface area contributed by atoms with E-state index in [0.717, 1.165) is 24.3 Å². The highest BCUT2D eigenvalue weighted by atomic mass is 31.1. The highest BCUT2D eigenvalue weighted by Crippen LogP contribution is 2.55. The summed E-state index contributed by atoms with van der Waals surface area (Å²) in [5, 5.41) is -9.78. The maximum atomic E-state index is 15.9. The fourth-order valence-electron chi connectivity index (χ4n) is 6.68. The minimum atomic E-state index is -4.83. The summed E-state index contributed by atoms with van der Waals surface area (Å²) in [7, 11) is -9.67. The van der Waals surface area contributed by atoms with Gasteiger partial charge in [0, 0.05) is 0 Å². The molecule has 0 amide bonds. The van der Waals surface area contributed by atoms with Crippen LogP contribution in [-0.4, -0.2) is 0 Å². The largest absolute Gasteiger partial charge is 0.338 e. The normalized spacial score (nSPS) is 12.8. The van der Waals surface area contributed by atoms with E-state index in [-0.39, 0.29) is 22.3 Å². The minimum absolute atomic E-state index is 0.0661. The molecule has 6 rings (SSSR count). The van der Waals surface area contributed by atoms with Crippen LogP contribution in [0, 0.1) is 144 Å². The van der Waals surface area contributed by atoms with Gasteiger partial charge in [-0.25, -0.2) is 87.8 Å². The second-order valence-electron chi connectivity index (χ2n) is 14.2. The molecule has 0 saturated carbocycles. The van der Waals surface area contributed by atoms with E-state index in [1.54, 1.807) is 0 Å².